The molecule has 0 saturated heterocycles. The smallest absolute Gasteiger partial charge is 0.258 e. The number of aromatic nitrogens is 2. The first-order valence-corrected chi connectivity index (χ1v) is 9.76. The van der Waals surface area contributed by atoms with Gasteiger partial charge in [0.25, 0.3) is 5.91 Å². The Hall–Kier alpha value is -2.47. The van der Waals surface area contributed by atoms with Crippen molar-refractivity contribution in [2.24, 2.45) is 0 Å². The molecule has 0 unspecified atom stereocenters. The van der Waals surface area contributed by atoms with Gasteiger partial charge in [0.15, 0.2) is 6.61 Å². The first kappa shape index (κ1) is 17.0. The lowest BCUT2D eigenvalue weighted by Crippen LogP contribution is -2.31. The number of benzene rings is 1. The van der Waals surface area contributed by atoms with Crippen molar-refractivity contribution in [3.8, 4) is 5.88 Å². The molecular formula is C20H21N3O2S. The topological polar surface area (TPSA) is 64.1 Å². The predicted octanol–water partition coefficient (Wildman–Crippen LogP) is 3.83. The molecule has 2 aromatic heterocycles. The van der Waals surface area contributed by atoms with Gasteiger partial charge in [0.2, 0.25) is 5.88 Å². The molecule has 0 radical (unpaired) electrons. The van der Waals surface area contributed by atoms with Crippen molar-refractivity contribution in [1.82, 2.24) is 15.3 Å². The number of thiophene rings is 1. The molecule has 5 nitrogen and oxygen atoms in total. The summed E-state index contributed by atoms with van der Waals surface area (Å²) >= 11 is 1.72. The van der Waals surface area contributed by atoms with Gasteiger partial charge in [-0.15, -0.1) is 11.3 Å². The predicted molar refractivity (Wildman–Crippen MR) is 103 cm³/mol. The fourth-order valence-electron chi connectivity index (χ4n) is 3.41. The van der Waals surface area contributed by atoms with Crippen molar-refractivity contribution in [2.45, 2.75) is 38.6 Å². The Morgan fingerprint density at radius 1 is 1.23 bits per heavy atom. The lowest BCUT2D eigenvalue weighted by atomic mass is 9.97. The van der Waals surface area contributed by atoms with Gasteiger partial charge in [-0.3, -0.25) is 4.79 Å². The van der Waals surface area contributed by atoms with E-state index in [4.69, 9.17) is 4.74 Å². The average molecular weight is 367 g/mol. The summed E-state index contributed by atoms with van der Waals surface area (Å²) < 4.78 is 5.79. The Morgan fingerprint density at radius 2 is 2.04 bits per heavy atom. The van der Waals surface area contributed by atoms with Crippen LogP contribution in [0.15, 0.2) is 36.7 Å². The Bertz CT molecular complexity index is 923. The molecule has 26 heavy (non-hydrogen) atoms. The molecule has 0 aliphatic heterocycles. The summed E-state index contributed by atoms with van der Waals surface area (Å²) in [5.74, 6) is 0.370. The summed E-state index contributed by atoms with van der Waals surface area (Å²) in [5, 5.41) is 3.96. The monoisotopic (exact) mass is 367 g/mol. The molecule has 0 saturated carbocycles. The Kier molecular flexibility index (Phi) is 4.84. The maximum Gasteiger partial charge on any atom is 0.258 e. The first-order valence-electron chi connectivity index (χ1n) is 8.94. The number of hydrogen-bond acceptors (Lipinski definition) is 5. The summed E-state index contributed by atoms with van der Waals surface area (Å²) in [7, 11) is 0. The van der Waals surface area contributed by atoms with E-state index in [0.717, 1.165) is 28.6 Å². The second-order valence-corrected chi connectivity index (χ2v) is 7.64. The van der Waals surface area contributed by atoms with Crippen molar-refractivity contribution in [2.75, 3.05) is 6.61 Å². The van der Waals surface area contributed by atoms with E-state index in [-0.39, 0.29) is 18.6 Å². The Labute approximate surface area is 156 Å². The molecule has 1 aliphatic rings. The van der Waals surface area contributed by atoms with Gasteiger partial charge in [0.05, 0.1) is 11.4 Å². The number of aryl methyl sites for hydroxylation is 2. The van der Waals surface area contributed by atoms with Crippen LogP contribution in [0, 0.1) is 0 Å². The zero-order valence-corrected chi connectivity index (χ0v) is 15.5. The fraction of sp³-hybridized carbons (Fsp3) is 0.350. The number of rotatable bonds is 5. The van der Waals surface area contributed by atoms with E-state index >= 15 is 0 Å². The number of carbonyl (C=O) groups excluding carboxylic acids is 1. The average Bonchev–Trinajstić information content (AvgIpc) is 3.06. The molecule has 4 rings (SSSR count). The second-order valence-electron chi connectivity index (χ2n) is 6.56. The largest absolute Gasteiger partial charge is 0.467 e. The zero-order chi connectivity index (χ0) is 17.9. The minimum absolute atomic E-state index is 0.0477. The van der Waals surface area contributed by atoms with Gasteiger partial charge in [-0.05, 0) is 43.7 Å². The summed E-state index contributed by atoms with van der Waals surface area (Å²) in [6.07, 6.45) is 6.07. The standard InChI is InChI=1S/C20H21N3O2S/c1-13(14-7-3-2-4-8-14)23-17(24)11-25-19-18-15-9-5-6-10-16(15)26-20(18)22-12-21-19/h2-4,7-8,12-13H,5-6,9-11H2,1H3,(H,23,24)/t13-/m0/s1. The highest BCUT2D eigenvalue weighted by molar-refractivity contribution is 7.18. The van der Waals surface area contributed by atoms with Crippen LogP contribution in [0.2, 0.25) is 0 Å². The van der Waals surface area contributed by atoms with Crippen LogP contribution in [0.1, 0.15) is 41.8 Å². The van der Waals surface area contributed by atoms with Crippen LogP contribution in [0.3, 0.4) is 0 Å². The van der Waals surface area contributed by atoms with Crippen LogP contribution >= 0.6 is 11.3 Å². The van der Waals surface area contributed by atoms with Gasteiger partial charge >= 0.3 is 0 Å². The van der Waals surface area contributed by atoms with E-state index in [1.54, 1.807) is 11.3 Å². The van der Waals surface area contributed by atoms with E-state index < -0.39 is 0 Å². The second kappa shape index (κ2) is 7.41. The lowest BCUT2D eigenvalue weighted by Gasteiger charge is -2.15. The van der Waals surface area contributed by atoms with E-state index in [0.29, 0.717) is 5.88 Å². The summed E-state index contributed by atoms with van der Waals surface area (Å²) in [5.41, 5.74) is 2.38. The Morgan fingerprint density at radius 3 is 2.88 bits per heavy atom. The van der Waals surface area contributed by atoms with E-state index in [2.05, 4.69) is 15.3 Å². The minimum atomic E-state index is -0.155. The van der Waals surface area contributed by atoms with E-state index in [1.807, 2.05) is 37.3 Å². The highest BCUT2D eigenvalue weighted by Gasteiger charge is 2.21. The van der Waals surface area contributed by atoms with Crippen LogP contribution in [-0.2, 0) is 17.6 Å². The molecule has 1 amide bonds. The molecule has 0 bridgehead atoms. The molecule has 1 atom stereocenters. The third-order valence-electron chi connectivity index (χ3n) is 4.73. The molecule has 1 aromatic carbocycles. The number of nitrogens with one attached hydrogen (secondary N) is 1. The SMILES string of the molecule is C[C@H](NC(=O)COc1ncnc2sc3c(c12)CCCC3)c1ccccc1. The van der Waals surface area contributed by atoms with Crippen LogP contribution in [0.4, 0.5) is 0 Å². The molecule has 0 fully saturated rings. The molecule has 6 heteroatoms. The number of amides is 1. The normalized spacial score (nSPS) is 14.7. The van der Waals surface area contributed by atoms with Gasteiger partial charge < -0.3 is 10.1 Å². The Balaban J connectivity index is 1.46. The molecule has 2 heterocycles. The van der Waals surface area contributed by atoms with Gasteiger partial charge in [-0.1, -0.05) is 30.3 Å². The first-order chi connectivity index (χ1) is 12.7. The summed E-state index contributed by atoms with van der Waals surface area (Å²) in [6.45, 7) is 1.92. The van der Waals surface area contributed by atoms with Crippen molar-refractivity contribution < 1.29 is 9.53 Å². The van der Waals surface area contributed by atoms with Crippen molar-refractivity contribution in [3.05, 3.63) is 52.7 Å². The van der Waals surface area contributed by atoms with Crippen LogP contribution in [-0.4, -0.2) is 22.5 Å². The number of ether oxygens (including phenoxy) is 1. The molecular weight excluding hydrogens is 346 g/mol. The zero-order valence-electron chi connectivity index (χ0n) is 14.7. The van der Waals surface area contributed by atoms with Crippen LogP contribution in [0.5, 0.6) is 5.88 Å². The maximum atomic E-state index is 12.3. The maximum absolute atomic E-state index is 12.3. The van der Waals surface area contributed by atoms with Gasteiger partial charge in [0.1, 0.15) is 11.2 Å². The summed E-state index contributed by atoms with van der Waals surface area (Å²) in [6, 6.07) is 9.82. The van der Waals surface area contributed by atoms with Crippen LogP contribution < -0.4 is 10.1 Å². The fourth-order valence-corrected chi connectivity index (χ4v) is 4.63. The van der Waals surface area contributed by atoms with Gasteiger partial charge in [0, 0.05) is 4.88 Å². The van der Waals surface area contributed by atoms with Gasteiger partial charge in [-0.2, -0.15) is 0 Å². The van der Waals surface area contributed by atoms with Gasteiger partial charge in [-0.25, -0.2) is 9.97 Å². The lowest BCUT2D eigenvalue weighted by molar-refractivity contribution is -0.123. The quantitative estimate of drug-likeness (QED) is 0.744. The number of carbonyl (C=O) groups is 1. The number of fused-ring (bicyclic) bond motifs is 3. The number of nitrogens with zero attached hydrogens (tertiary/aromatic N) is 2. The molecule has 134 valence electrons. The highest BCUT2D eigenvalue weighted by atomic mass is 32.1. The van der Waals surface area contributed by atoms with Crippen molar-refractivity contribution in [3.63, 3.8) is 0 Å². The van der Waals surface area contributed by atoms with E-state index in [9.17, 15) is 4.79 Å². The van der Waals surface area contributed by atoms with E-state index in [1.165, 1.54) is 29.6 Å². The van der Waals surface area contributed by atoms with Crippen molar-refractivity contribution in [1.29, 1.82) is 0 Å². The summed E-state index contributed by atoms with van der Waals surface area (Å²) in [4.78, 5) is 23.3. The molecule has 0 spiro atoms. The van der Waals surface area contributed by atoms with Crippen molar-refractivity contribution >= 4 is 27.5 Å². The third-order valence-corrected chi connectivity index (χ3v) is 5.93. The molecule has 3 aromatic rings. The number of hydrogen-bond donors (Lipinski definition) is 1. The highest BCUT2D eigenvalue weighted by Crippen LogP contribution is 2.38. The molecule has 1 N–H and O–H groups in total. The third kappa shape index (κ3) is 3.42. The molecule has 1 aliphatic carbocycles. The van der Waals surface area contributed by atoms with Crippen LogP contribution in [0.25, 0.3) is 10.2 Å². The minimum Gasteiger partial charge on any atom is -0.467 e.